The van der Waals surface area contributed by atoms with Crippen LogP contribution in [0.4, 0.5) is 0 Å². The van der Waals surface area contributed by atoms with Crippen LogP contribution in [0.15, 0.2) is 30.5 Å². The van der Waals surface area contributed by atoms with Crippen LogP contribution in [0, 0.1) is 6.92 Å². The average Bonchev–Trinajstić information content (AvgIpc) is 2.67. The van der Waals surface area contributed by atoms with Crippen LogP contribution in [0.1, 0.15) is 17.4 Å². The van der Waals surface area contributed by atoms with Gasteiger partial charge in [0, 0.05) is 16.6 Å². The van der Waals surface area contributed by atoms with Crippen LogP contribution >= 0.6 is 11.3 Å². The first kappa shape index (κ1) is 9.41. The Balaban J connectivity index is 2.44. The van der Waals surface area contributed by atoms with Gasteiger partial charge in [0.2, 0.25) is 0 Å². The molecular formula is C12H13NS. The predicted molar refractivity (Wildman–Crippen MR) is 61.7 cm³/mol. The Morgan fingerprint density at radius 1 is 1.29 bits per heavy atom. The number of thiazole rings is 1. The van der Waals surface area contributed by atoms with Crippen molar-refractivity contribution < 1.29 is 0 Å². The Hall–Kier alpha value is -1.15. The highest BCUT2D eigenvalue weighted by Gasteiger charge is 2.05. The quantitative estimate of drug-likeness (QED) is 0.725. The summed E-state index contributed by atoms with van der Waals surface area (Å²) in [5.74, 6) is 0. The van der Waals surface area contributed by atoms with Gasteiger partial charge in [-0.3, -0.25) is 0 Å². The second kappa shape index (κ2) is 3.93. The average molecular weight is 203 g/mol. The third-order valence-corrected chi connectivity index (χ3v) is 3.45. The molecule has 0 aliphatic heterocycles. The number of aromatic nitrogens is 1. The zero-order valence-corrected chi connectivity index (χ0v) is 9.27. The molecule has 0 aliphatic carbocycles. The standard InChI is InChI=1S/C12H13NS/c1-3-10-8-13-12(14-10)11-7-5-4-6-9(11)2/h4-8H,3H2,1-2H3. The lowest BCUT2D eigenvalue weighted by Gasteiger charge is -1.99. The summed E-state index contributed by atoms with van der Waals surface area (Å²) in [6.45, 7) is 4.29. The van der Waals surface area contributed by atoms with Crippen molar-refractivity contribution in [1.29, 1.82) is 0 Å². The highest BCUT2D eigenvalue weighted by molar-refractivity contribution is 7.15. The number of hydrogen-bond donors (Lipinski definition) is 0. The van der Waals surface area contributed by atoms with E-state index in [1.807, 2.05) is 6.20 Å². The highest BCUT2D eigenvalue weighted by atomic mass is 32.1. The molecular weight excluding hydrogens is 190 g/mol. The molecule has 0 fully saturated rings. The van der Waals surface area contributed by atoms with E-state index in [0.29, 0.717) is 0 Å². The molecule has 1 aromatic heterocycles. The van der Waals surface area contributed by atoms with Gasteiger partial charge in [-0.2, -0.15) is 0 Å². The van der Waals surface area contributed by atoms with Gasteiger partial charge in [0.05, 0.1) is 0 Å². The van der Waals surface area contributed by atoms with E-state index in [9.17, 15) is 0 Å². The molecule has 14 heavy (non-hydrogen) atoms. The summed E-state index contributed by atoms with van der Waals surface area (Å²) in [6, 6.07) is 8.39. The Kier molecular flexibility index (Phi) is 2.64. The van der Waals surface area contributed by atoms with Crippen LogP contribution in [0.5, 0.6) is 0 Å². The van der Waals surface area contributed by atoms with E-state index in [4.69, 9.17) is 0 Å². The molecule has 0 atom stereocenters. The van der Waals surface area contributed by atoms with Crippen LogP contribution in [-0.4, -0.2) is 4.98 Å². The van der Waals surface area contributed by atoms with E-state index in [0.717, 1.165) is 11.4 Å². The number of hydrogen-bond acceptors (Lipinski definition) is 2. The van der Waals surface area contributed by atoms with Gasteiger partial charge in [-0.05, 0) is 18.9 Å². The zero-order chi connectivity index (χ0) is 9.97. The van der Waals surface area contributed by atoms with Gasteiger partial charge in [0.25, 0.3) is 0 Å². The van der Waals surface area contributed by atoms with Crippen molar-refractivity contribution in [1.82, 2.24) is 4.98 Å². The second-order valence-corrected chi connectivity index (χ2v) is 4.42. The number of rotatable bonds is 2. The molecule has 1 heterocycles. The molecule has 0 saturated heterocycles. The molecule has 0 N–H and O–H groups in total. The summed E-state index contributed by atoms with van der Waals surface area (Å²) < 4.78 is 0. The Bertz CT molecular complexity index is 431. The molecule has 0 amide bonds. The summed E-state index contributed by atoms with van der Waals surface area (Å²) in [4.78, 5) is 5.79. The van der Waals surface area contributed by atoms with Crippen LogP contribution < -0.4 is 0 Å². The van der Waals surface area contributed by atoms with E-state index in [1.54, 1.807) is 11.3 Å². The fourth-order valence-corrected chi connectivity index (χ4v) is 2.35. The molecule has 0 unspecified atom stereocenters. The van der Waals surface area contributed by atoms with Crippen molar-refractivity contribution in [3.63, 3.8) is 0 Å². The van der Waals surface area contributed by atoms with Gasteiger partial charge in [0.1, 0.15) is 5.01 Å². The molecule has 2 heteroatoms. The normalized spacial score (nSPS) is 10.4. The number of nitrogens with zero attached hydrogens (tertiary/aromatic N) is 1. The van der Waals surface area contributed by atoms with Crippen LogP contribution in [0.3, 0.4) is 0 Å². The zero-order valence-electron chi connectivity index (χ0n) is 8.45. The second-order valence-electron chi connectivity index (χ2n) is 3.30. The van der Waals surface area contributed by atoms with Crippen LogP contribution in [-0.2, 0) is 6.42 Å². The Morgan fingerprint density at radius 3 is 2.71 bits per heavy atom. The lowest BCUT2D eigenvalue weighted by Crippen LogP contribution is -1.79. The van der Waals surface area contributed by atoms with Crippen molar-refractivity contribution in [3.05, 3.63) is 40.9 Å². The molecule has 0 spiro atoms. The van der Waals surface area contributed by atoms with E-state index in [2.05, 4.69) is 43.1 Å². The third kappa shape index (κ3) is 1.70. The van der Waals surface area contributed by atoms with Gasteiger partial charge in [-0.25, -0.2) is 4.98 Å². The smallest absolute Gasteiger partial charge is 0.123 e. The summed E-state index contributed by atoms with van der Waals surface area (Å²) in [5.41, 5.74) is 2.56. The van der Waals surface area contributed by atoms with Gasteiger partial charge < -0.3 is 0 Å². The molecule has 0 saturated carbocycles. The lowest BCUT2D eigenvalue weighted by atomic mass is 10.1. The number of benzene rings is 1. The minimum Gasteiger partial charge on any atom is -0.244 e. The van der Waals surface area contributed by atoms with Gasteiger partial charge in [-0.1, -0.05) is 31.2 Å². The molecule has 2 rings (SSSR count). The van der Waals surface area contributed by atoms with Crippen molar-refractivity contribution >= 4 is 11.3 Å². The lowest BCUT2D eigenvalue weighted by molar-refractivity contribution is 1.17. The SMILES string of the molecule is CCc1cnc(-c2ccccc2C)s1. The van der Waals surface area contributed by atoms with Crippen molar-refractivity contribution in [3.8, 4) is 10.6 Å². The van der Waals surface area contributed by atoms with Crippen LogP contribution in [0.25, 0.3) is 10.6 Å². The minimum absolute atomic E-state index is 1.07. The van der Waals surface area contributed by atoms with E-state index in [-0.39, 0.29) is 0 Å². The number of aryl methyl sites for hydroxylation is 2. The first-order chi connectivity index (χ1) is 6.81. The molecule has 0 radical (unpaired) electrons. The summed E-state index contributed by atoms with van der Waals surface area (Å²) in [5, 5.41) is 1.14. The maximum atomic E-state index is 4.44. The third-order valence-electron chi connectivity index (χ3n) is 2.28. The largest absolute Gasteiger partial charge is 0.244 e. The molecule has 0 bridgehead atoms. The maximum absolute atomic E-state index is 4.44. The van der Waals surface area contributed by atoms with Crippen LogP contribution in [0.2, 0.25) is 0 Å². The highest BCUT2D eigenvalue weighted by Crippen LogP contribution is 2.27. The summed E-state index contributed by atoms with van der Waals surface area (Å²) in [7, 11) is 0. The van der Waals surface area contributed by atoms with E-state index >= 15 is 0 Å². The molecule has 72 valence electrons. The maximum Gasteiger partial charge on any atom is 0.123 e. The van der Waals surface area contributed by atoms with Gasteiger partial charge in [-0.15, -0.1) is 11.3 Å². The first-order valence-corrected chi connectivity index (χ1v) is 5.63. The molecule has 1 aromatic carbocycles. The monoisotopic (exact) mass is 203 g/mol. The first-order valence-electron chi connectivity index (χ1n) is 4.82. The molecule has 0 aliphatic rings. The Morgan fingerprint density at radius 2 is 2.07 bits per heavy atom. The van der Waals surface area contributed by atoms with Gasteiger partial charge >= 0.3 is 0 Å². The van der Waals surface area contributed by atoms with Crippen molar-refractivity contribution in [2.45, 2.75) is 20.3 Å². The fourth-order valence-electron chi connectivity index (χ4n) is 1.41. The van der Waals surface area contributed by atoms with Crippen molar-refractivity contribution in [2.24, 2.45) is 0 Å². The minimum atomic E-state index is 1.07. The molecule has 2 aromatic rings. The summed E-state index contributed by atoms with van der Waals surface area (Å²) >= 11 is 1.79. The van der Waals surface area contributed by atoms with Gasteiger partial charge in [0.15, 0.2) is 0 Å². The molecule has 1 nitrogen and oxygen atoms in total. The predicted octanol–water partition coefficient (Wildman–Crippen LogP) is 3.68. The van der Waals surface area contributed by atoms with E-state index in [1.165, 1.54) is 16.0 Å². The topological polar surface area (TPSA) is 12.9 Å². The Labute approximate surface area is 88.4 Å². The fraction of sp³-hybridized carbons (Fsp3) is 0.250. The van der Waals surface area contributed by atoms with E-state index < -0.39 is 0 Å². The van der Waals surface area contributed by atoms with Crippen molar-refractivity contribution in [2.75, 3.05) is 0 Å². The summed E-state index contributed by atoms with van der Waals surface area (Å²) in [6.07, 6.45) is 3.05.